The zero-order valence-electron chi connectivity index (χ0n) is 18.1. The highest BCUT2D eigenvalue weighted by Crippen LogP contribution is 2.31. The maximum absolute atomic E-state index is 12.9. The molecular formula is C28H21N3OS. The van der Waals surface area contributed by atoms with E-state index >= 15 is 0 Å². The minimum atomic E-state index is -0.0585. The van der Waals surface area contributed by atoms with E-state index in [4.69, 9.17) is 10.1 Å². The van der Waals surface area contributed by atoms with Gasteiger partial charge in [0.05, 0.1) is 22.0 Å². The average Bonchev–Trinajstić information content (AvgIpc) is 3.48. The number of aromatic nitrogens is 3. The lowest BCUT2D eigenvalue weighted by molar-refractivity contribution is 0.105. The van der Waals surface area contributed by atoms with Crippen LogP contribution >= 0.6 is 11.3 Å². The molecule has 160 valence electrons. The Balaban J connectivity index is 1.55. The van der Waals surface area contributed by atoms with Crippen LogP contribution in [0, 0.1) is 6.92 Å². The first-order valence-corrected chi connectivity index (χ1v) is 11.5. The number of thiazole rings is 1. The molecule has 2 heterocycles. The second-order valence-electron chi connectivity index (χ2n) is 7.58. The largest absolute Gasteiger partial charge is 0.288 e. The summed E-state index contributed by atoms with van der Waals surface area (Å²) in [6.45, 7) is 1.87. The van der Waals surface area contributed by atoms with E-state index in [1.54, 1.807) is 6.08 Å². The Bertz CT molecular complexity index is 1420. The highest BCUT2D eigenvalue weighted by Gasteiger charge is 2.19. The number of nitrogens with zero attached hydrogens (tertiary/aromatic N) is 3. The lowest BCUT2D eigenvalue weighted by Gasteiger charge is -2.03. The molecule has 0 bridgehead atoms. The smallest absolute Gasteiger partial charge is 0.211 e. The molecule has 0 N–H and O–H groups in total. The van der Waals surface area contributed by atoms with Gasteiger partial charge in [-0.1, -0.05) is 108 Å². The molecule has 0 spiro atoms. The molecule has 0 fully saturated rings. The fourth-order valence-electron chi connectivity index (χ4n) is 3.60. The van der Waals surface area contributed by atoms with E-state index in [0.29, 0.717) is 15.7 Å². The molecule has 5 rings (SSSR count). The van der Waals surface area contributed by atoms with Crippen molar-refractivity contribution in [2.75, 3.05) is 0 Å². The molecule has 33 heavy (non-hydrogen) atoms. The van der Waals surface area contributed by atoms with E-state index in [2.05, 4.69) is 18.2 Å². The van der Waals surface area contributed by atoms with Gasteiger partial charge >= 0.3 is 0 Å². The summed E-state index contributed by atoms with van der Waals surface area (Å²) < 4.78 is 1.84. The zero-order valence-corrected chi connectivity index (χ0v) is 18.9. The first-order valence-electron chi connectivity index (χ1n) is 10.7. The number of hydrogen-bond donors (Lipinski definition) is 0. The van der Waals surface area contributed by atoms with Crippen LogP contribution in [0.4, 0.5) is 0 Å². The molecule has 0 saturated heterocycles. The van der Waals surface area contributed by atoms with Crippen LogP contribution in [0.3, 0.4) is 0 Å². The van der Waals surface area contributed by atoms with E-state index in [1.165, 1.54) is 11.3 Å². The quantitative estimate of drug-likeness (QED) is 0.211. The van der Waals surface area contributed by atoms with Crippen molar-refractivity contribution < 1.29 is 4.79 Å². The topological polar surface area (TPSA) is 47.8 Å². The van der Waals surface area contributed by atoms with Crippen molar-refractivity contribution in [3.63, 3.8) is 0 Å². The van der Waals surface area contributed by atoms with E-state index < -0.39 is 0 Å². The Morgan fingerprint density at radius 2 is 1.45 bits per heavy atom. The molecule has 0 unspecified atom stereocenters. The normalized spacial score (nSPS) is 11.2. The van der Waals surface area contributed by atoms with Crippen LogP contribution in [0.2, 0.25) is 0 Å². The second-order valence-corrected chi connectivity index (χ2v) is 8.56. The highest BCUT2D eigenvalue weighted by molar-refractivity contribution is 7.16. The Morgan fingerprint density at radius 1 is 0.848 bits per heavy atom. The molecule has 4 nitrogen and oxygen atoms in total. The van der Waals surface area contributed by atoms with Crippen LogP contribution in [0.15, 0.2) is 103 Å². The van der Waals surface area contributed by atoms with Crippen LogP contribution in [0.25, 0.3) is 33.7 Å². The number of ketones is 1. The van der Waals surface area contributed by atoms with Crippen molar-refractivity contribution in [2.45, 2.75) is 6.92 Å². The summed E-state index contributed by atoms with van der Waals surface area (Å²) in [5, 5.41) is 5.54. The monoisotopic (exact) mass is 447 g/mol. The van der Waals surface area contributed by atoms with Gasteiger partial charge in [0.15, 0.2) is 5.78 Å². The molecule has 3 aromatic carbocycles. The molecule has 0 saturated carbocycles. The highest BCUT2D eigenvalue weighted by atomic mass is 32.1. The molecule has 2 aromatic heterocycles. The number of hydrogen-bond acceptors (Lipinski definition) is 4. The SMILES string of the molecule is Cc1nc(-n2nc(-c3ccccc3)cc2-c2ccccc2)sc1C(=O)/C=C\c1ccccc1. The first-order chi connectivity index (χ1) is 16.2. The van der Waals surface area contributed by atoms with E-state index in [-0.39, 0.29) is 5.78 Å². The number of rotatable bonds is 6. The van der Waals surface area contributed by atoms with Gasteiger partial charge in [0, 0.05) is 11.1 Å². The van der Waals surface area contributed by atoms with Gasteiger partial charge in [-0.3, -0.25) is 4.79 Å². The molecule has 5 aromatic rings. The fourth-order valence-corrected chi connectivity index (χ4v) is 4.56. The lowest BCUT2D eigenvalue weighted by Crippen LogP contribution is -1.98. The number of carbonyl (C=O) groups excluding carboxylic acids is 1. The molecule has 0 amide bonds. The van der Waals surface area contributed by atoms with Gasteiger partial charge in [0.25, 0.3) is 0 Å². The van der Waals surface area contributed by atoms with Gasteiger partial charge in [-0.15, -0.1) is 0 Å². The molecule has 0 aliphatic carbocycles. The van der Waals surface area contributed by atoms with Crippen LogP contribution < -0.4 is 0 Å². The van der Waals surface area contributed by atoms with E-state index in [0.717, 1.165) is 28.1 Å². The Kier molecular flexibility index (Phi) is 5.79. The van der Waals surface area contributed by atoms with Gasteiger partial charge in [-0.2, -0.15) is 5.10 Å². The summed E-state index contributed by atoms with van der Waals surface area (Å²) in [5.41, 5.74) is 5.55. The van der Waals surface area contributed by atoms with Crippen molar-refractivity contribution in [1.29, 1.82) is 0 Å². The van der Waals surface area contributed by atoms with Gasteiger partial charge in [0.2, 0.25) is 5.13 Å². The number of aryl methyl sites for hydroxylation is 1. The van der Waals surface area contributed by atoms with Crippen LogP contribution in [-0.4, -0.2) is 20.5 Å². The number of benzene rings is 3. The summed E-state index contributed by atoms with van der Waals surface area (Å²) in [6.07, 6.45) is 3.44. The van der Waals surface area contributed by atoms with Crippen molar-refractivity contribution in [1.82, 2.24) is 14.8 Å². The van der Waals surface area contributed by atoms with Crippen molar-refractivity contribution in [3.8, 4) is 27.6 Å². The number of carbonyl (C=O) groups is 1. The molecule has 5 heteroatoms. The van der Waals surface area contributed by atoms with Gasteiger partial charge < -0.3 is 0 Å². The Morgan fingerprint density at radius 3 is 2.12 bits per heavy atom. The van der Waals surface area contributed by atoms with E-state index in [1.807, 2.05) is 96.5 Å². The first kappa shape index (κ1) is 20.8. The van der Waals surface area contributed by atoms with Crippen LogP contribution in [0.5, 0.6) is 0 Å². The predicted molar refractivity (Wildman–Crippen MR) is 135 cm³/mol. The number of allylic oxidation sites excluding steroid dienone is 1. The maximum Gasteiger partial charge on any atom is 0.211 e. The van der Waals surface area contributed by atoms with Crippen LogP contribution in [0.1, 0.15) is 20.9 Å². The molecule has 0 atom stereocenters. The fraction of sp³-hybridized carbons (Fsp3) is 0.0357. The predicted octanol–water partition coefficient (Wildman–Crippen LogP) is 6.87. The van der Waals surface area contributed by atoms with Crippen molar-refractivity contribution >= 4 is 23.2 Å². The summed E-state index contributed by atoms with van der Waals surface area (Å²) in [6, 6.07) is 32.0. The summed E-state index contributed by atoms with van der Waals surface area (Å²) >= 11 is 1.36. The summed E-state index contributed by atoms with van der Waals surface area (Å²) in [4.78, 5) is 18.3. The van der Waals surface area contributed by atoms with E-state index in [9.17, 15) is 4.79 Å². The Labute approximate surface area is 196 Å². The third-order valence-corrected chi connectivity index (χ3v) is 6.41. The van der Waals surface area contributed by atoms with Gasteiger partial charge in [-0.05, 0) is 24.6 Å². The molecule has 0 radical (unpaired) electrons. The third kappa shape index (κ3) is 4.45. The second kappa shape index (κ2) is 9.18. The van der Waals surface area contributed by atoms with Crippen molar-refractivity contribution in [3.05, 3.63) is 119 Å². The minimum absolute atomic E-state index is 0.0585. The van der Waals surface area contributed by atoms with Gasteiger partial charge in [0.1, 0.15) is 0 Å². The molecule has 0 aliphatic heterocycles. The van der Waals surface area contributed by atoms with Crippen molar-refractivity contribution in [2.24, 2.45) is 0 Å². The maximum atomic E-state index is 12.9. The van der Waals surface area contributed by atoms with Gasteiger partial charge in [-0.25, -0.2) is 9.67 Å². The zero-order chi connectivity index (χ0) is 22.6. The average molecular weight is 448 g/mol. The third-order valence-electron chi connectivity index (χ3n) is 5.27. The lowest BCUT2D eigenvalue weighted by atomic mass is 10.1. The van der Waals surface area contributed by atoms with Crippen LogP contribution in [-0.2, 0) is 0 Å². The summed E-state index contributed by atoms with van der Waals surface area (Å²) in [5.74, 6) is -0.0585. The Hall–Kier alpha value is -4.09. The standard InChI is InChI=1S/C28H21N3OS/c1-20-27(26(32)18-17-21-11-5-2-6-12-21)33-28(29-20)31-25(23-15-9-4-10-16-23)19-24(30-31)22-13-7-3-8-14-22/h2-19H,1H3/b18-17-. The molecular weight excluding hydrogens is 426 g/mol. The minimum Gasteiger partial charge on any atom is -0.288 e. The summed E-state index contributed by atoms with van der Waals surface area (Å²) in [7, 11) is 0. The molecule has 0 aliphatic rings.